The number of unbranched alkanes of at least 4 members (excludes halogenated alkanes) is 5. The van der Waals surface area contributed by atoms with Crippen LogP contribution in [0.25, 0.3) is 10.8 Å². The van der Waals surface area contributed by atoms with Gasteiger partial charge in [0.15, 0.2) is 0 Å². The summed E-state index contributed by atoms with van der Waals surface area (Å²) in [6.07, 6.45) is 13.7. The SMILES string of the molecule is C#Cc1ccccc1C(C(=O)Nc1ccc2ccccc2c1)N(CCCCCCCC)C(=O)C(CCSC)NC(=O)OC(C)(C)C. The summed E-state index contributed by atoms with van der Waals surface area (Å²) in [6.45, 7) is 7.83. The standard InChI is InChI=1S/C38H49N3O4S/c1-7-9-10-11-12-17-25-41(36(43)33(24-26-46-6)40-37(44)45-38(3,4)5)34(32-21-16-15-18-28(32)8-2)35(42)39-31-23-22-29-19-13-14-20-30(29)27-31/h2,13-16,18-23,27,33-34H,7,9-12,17,24-26H2,1,3-6H3,(H,39,42)(H,40,44). The minimum atomic E-state index is -1.03. The Morgan fingerprint density at radius 2 is 1.61 bits per heavy atom. The molecule has 0 aliphatic rings. The first kappa shape index (κ1) is 36.5. The number of rotatable bonds is 16. The second-order valence-corrected chi connectivity index (χ2v) is 13.5. The molecule has 3 aromatic rings. The van der Waals surface area contributed by atoms with Crippen molar-refractivity contribution in [3.8, 4) is 12.3 Å². The van der Waals surface area contributed by atoms with Crippen molar-refractivity contribution in [2.45, 2.75) is 90.3 Å². The van der Waals surface area contributed by atoms with Gasteiger partial charge in [-0.05, 0) is 80.2 Å². The quantitative estimate of drug-likeness (QED) is 0.121. The lowest BCUT2D eigenvalue weighted by atomic mass is 9.96. The molecule has 3 aromatic carbocycles. The number of benzene rings is 3. The largest absolute Gasteiger partial charge is 0.444 e. The van der Waals surface area contributed by atoms with Crippen molar-refractivity contribution in [2.75, 3.05) is 23.9 Å². The molecular formula is C38H49N3O4S. The van der Waals surface area contributed by atoms with Gasteiger partial charge in [-0.1, -0.05) is 93.5 Å². The summed E-state index contributed by atoms with van der Waals surface area (Å²) in [6, 6.07) is 19.0. The highest BCUT2D eigenvalue weighted by atomic mass is 32.2. The van der Waals surface area contributed by atoms with Crippen molar-refractivity contribution in [1.82, 2.24) is 10.2 Å². The highest BCUT2D eigenvalue weighted by molar-refractivity contribution is 7.98. The fraction of sp³-hybridized carbons (Fsp3) is 0.447. The number of hydrogen-bond acceptors (Lipinski definition) is 5. The number of alkyl carbamates (subject to hydrolysis) is 1. The number of carbonyl (C=O) groups is 3. The number of ether oxygens (including phenoxy) is 1. The van der Waals surface area contributed by atoms with Gasteiger partial charge in [-0.15, -0.1) is 6.42 Å². The molecule has 0 radical (unpaired) electrons. The zero-order valence-electron chi connectivity index (χ0n) is 27.9. The van der Waals surface area contributed by atoms with Crippen LogP contribution in [0, 0.1) is 12.3 Å². The topological polar surface area (TPSA) is 87.7 Å². The third kappa shape index (κ3) is 11.1. The van der Waals surface area contributed by atoms with Crippen LogP contribution in [0.5, 0.6) is 0 Å². The average molecular weight is 644 g/mol. The van der Waals surface area contributed by atoms with Gasteiger partial charge in [0.2, 0.25) is 5.91 Å². The minimum absolute atomic E-state index is 0.325. The molecule has 0 spiro atoms. The van der Waals surface area contributed by atoms with Crippen LogP contribution in [-0.4, -0.2) is 53.0 Å². The van der Waals surface area contributed by atoms with Gasteiger partial charge >= 0.3 is 6.09 Å². The Balaban J connectivity index is 2.05. The van der Waals surface area contributed by atoms with Crippen LogP contribution >= 0.6 is 11.8 Å². The molecule has 8 heteroatoms. The van der Waals surface area contributed by atoms with Crippen LogP contribution in [0.15, 0.2) is 66.7 Å². The van der Waals surface area contributed by atoms with Crippen LogP contribution in [0.3, 0.4) is 0 Å². The summed E-state index contributed by atoms with van der Waals surface area (Å²) in [5, 5.41) is 7.93. The number of carbonyl (C=O) groups excluding carboxylic acids is 3. The average Bonchev–Trinajstić information content (AvgIpc) is 3.02. The van der Waals surface area contributed by atoms with Crippen molar-refractivity contribution in [2.24, 2.45) is 0 Å². The molecule has 0 heterocycles. The van der Waals surface area contributed by atoms with Gasteiger partial charge in [-0.3, -0.25) is 9.59 Å². The second-order valence-electron chi connectivity index (χ2n) is 12.5. The molecule has 7 nitrogen and oxygen atoms in total. The minimum Gasteiger partial charge on any atom is -0.444 e. The highest BCUT2D eigenvalue weighted by Crippen LogP contribution is 2.29. The third-order valence-corrected chi connectivity index (χ3v) is 8.27. The number of anilines is 1. The van der Waals surface area contributed by atoms with Crippen molar-refractivity contribution in [1.29, 1.82) is 0 Å². The summed E-state index contributed by atoms with van der Waals surface area (Å²) < 4.78 is 5.52. The maximum atomic E-state index is 14.6. The van der Waals surface area contributed by atoms with E-state index in [-0.39, 0.29) is 11.8 Å². The summed E-state index contributed by atoms with van der Waals surface area (Å²) in [4.78, 5) is 43.5. The molecule has 246 valence electrons. The van der Waals surface area contributed by atoms with E-state index in [2.05, 4.69) is 23.5 Å². The van der Waals surface area contributed by atoms with Crippen molar-refractivity contribution in [3.05, 3.63) is 77.9 Å². The van der Waals surface area contributed by atoms with E-state index in [0.29, 0.717) is 42.0 Å². The highest BCUT2D eigenvalue weighted by Gasteiger charge is 2.37. The number of thioether (sulfide) groups is 1. The molecule has 2 unspecified atom stereocenters. The van der Waals surface area contributed by atoms with E-state index in [0.717, 1.165) is 42.9 Å². The van der Waals surface area contributed by atoms with Gasteiger partial charge < -0.3 is 20.3 Å². The van der Waals surface area contributed by atoms with Crippen molar-refractivity contribution in [3.63, 3.8) is 0 Å². The Morgan fingerprint density at radius 1 is 0.935 bits per heavy atom. The van der Waals surface area contributed by atoms with E-state index in [1.54, 1.807) is 49.6 Å². The lowest BCUT2D eigenvalue weighted by Crippen LogP contribution is -2.53. The normalized spacial score (nSPS) is 12.5. The van der Waals surface area contributed by atoms with E-state index in [1.807, 2.05) is 60.9 Å². The fourth-order valence-electron chi connectivity index (χ4n) is 5.37. The Bertz CT molecular complexity index is 1490. The molecule has 0 fully saturated rings. The molecule has 3 rings (SSSR count). The first-order chi connectivity index (χ1) is 22.1. The summed E-state index contributed by atoms with van der Waals surface area (Å²) in [5.41, 5.74) is 0.972. The van der Waals surface area contributed by atoms with E-state index in [4.69, 9.17) is 11.2 Å². The Morgan fingerprint density at radius 3 is 2.30 bits per heavy atom. The number of hydrogen-bond donors (Lipinski definition) is 2. The molecular weight excluding hydrogens is 595 g/mol. The van der Waals surface area contributed by atoms with Crippen LogP contribution < -0.4 is 10.6 Å². The summed E-state index contributed by atoms with van der Waals surface area (Å²) in [5.74, 6) is 2.62. The van der Waals surface area contributed by atoms with Crippen LogP contribution in [0.1, 0.15) is 89.8 Å². The molecule has 0 saturated heterocycles. The van der Waals surface area contributed by atoms with Crippen molar-refractivity contribution >= 4 is 46.1 Å². The molecule has 2 atom stereocenters. The maximum absolute atomic E-state index is 14.6. The predicted molar refractivity (Wildman–Crippen MR) is 191 cm³/mol. The Hall–Kier alpha value is -3.96. The van der Waals surface area contributed by atoms with Gasteiger partial charge in [0.25, 0.3) is 5.91 Å². The maximum Gasteiger partial charge on any atom is 0.408 e. The van der Waals surface area contributed by atoms with E-state index in [9.17, 15) is 14.4 Å². The predicted octanol–water partition coefficient (Wildman–Crippen LogP) is 8.34. The fourth-order valence-corrected chi connectivity index (χ4v) is 5.84. The molecule has 2 N–H and O–H groups in total. The Kier molecular flexibility index (Phi) is 14.5. The summed E-state index contributed by atoms with van der Waals surface area (Å²) in [7, 11) is 0. The number of terminal acetylenes is 1. The lowest BCUT2D eigenvalue weighted by molar-refractivity contribution is -0.141. The first-order valence-corrected chi connectivity index (χ1v) is 17.6. The molecule has 3 amide bonds. The molecule has 46 heavy (non-hydrogen) atoms. The van der Waals surface area contributed by atoms with Crippen LogP contribution in [-0.2, 0) is 14.3 Å². The Labute approximate surface area is 279 Å². The molecule has 0 aromatic heterocycles. The van der Waals surface area contributed by atoms with Gasteiger partial charge in [-0.2, -0.15) is 11.8 Å². The smallest absolute Gasteiger partial charge is 0.408 e. The number of nitrogens with one attached hydrogen (secondary N) is 2. The lowest BCUT2D eigenvalue weighted by Gasteiger charge is -2.35. The zero-order valence-corrected chi connectivity index (χ0v) is 28.8. The second kappa shape index (κ2) is 18.3. The van der Waals surface area contributed by atoms with Gasteiger partial charge in [0.05, 0.1) is 0 Å². The van der Waals surface area contributed by atoms with Crippen LogP contribution in [0.2, 0.25) is 0 Å². The molecule has 0 aliphatic heterocycles. The van der Waals surface area contributed by atoms with E-state index < -0.39 is 23.8 Å². The van der Waals surface area contributed by atoms with Crippen molar-refractivity contribution < 1.29 is 19.1 Å². The molecule has 0 saturated carbocycles. The van der Waals surface area contributed by atoms with Gasteiger partial charge in [0, 0.05) is 17.8 Å². The van der Waals surface area contributed by atoms with Gasteiger partial charge in [-0.25, -0.2) is 4.79 Å². The summed E-state index contributed by atoms with van der Waals surface area (Å²) >= 11 is 1.58. The molecule has 0 aliphatic carbocycles. The number of amides is 3. The number of fused-ring (bicyclic) bond motifs is 1. The van der Waals surface area contributed by atoms with E-state index in [1.165, 1.54) is 0 Å². The zero-order chi connectivity index (χ0) is 33.5. The monoisotopic (exact) mass is 643 g/mol. The number of nitrogens with zero attached hydrogens (tertiary/aromatic N) is 1. The van der Waals surface area contributed by atoms with E-state index >= 15 is 0 Å². The first-order valence-electron chi connectivity index (χ1n) is 16.2. The van der Waals surface area contributed by atoms with Crippen LogP contribution in [0.4, 0.5) is 10.5 Å². The van der Waals surface area contributed by atoms with Gasteiger partial charge in [0.1, 0.15) is 17.7 Å². The molecule has 0 bridgehead atoms. The third-order valence-electron chi connectivity index (χ3n) is 7.62.